The van der Waals surface area contributed by atoms with E-state index in [1.807, 2.05) is 54.3 Å². The number of hydrogen-bond donors (Lipinski definition) is 0. The number of pyridine rings is 1. The summed E-state index contributed by atoms with van der Waals surface area (Å²) in [7, 11) is 0. The number of ether oxygens (including phenoxy) is 1. The molecule has 0 aliphatic carbocycles. The zero-order chi connectivity index (χ0) is 20.3. The van der Waals surface area contributed by atoms with Crippen LogP contribution >= 0.6 is 0 Å². The van der Waals surface area contributed by atoms with Crippen LogP contribution in [0.5, 0.6) is 0 Å². The maximum atomic E-state index is 12.7. The molecule has 1 unspecified atom stereocenters. The van der Waals surface area contributed by atoms with Gasteiger partial charge >= 0.3 is 0 Å². The van der Waals surface area contributed by atoms with Crippen molar-refractivity contribution >= 4 is 11.6 Å². The number of piperidine rings is 1. The molecule has 6 heteroatoms. The highest BCUT2D eigenvalue weighted by molar-refractivity contribution is 5.97. The second-order valence-electron chi connectivity index (χ2n) is 7.94. The molecule has 1 atom stereocenters. The minimum Gasteiger partial charge on any atom is -0.360 e. The molecule has 1 spiro atoms. The molecule has 2 fully saturated rings. The number of amides is 1. The number of aromatic nitrogens is 1. The van der Waals surface area contributed by atoms with Crippen LogP contribution < -0.4 is 4.90 Å². The third-order valence-corrected chi connectivity index (χ3v) is 5.96. The quantitative estimate of drug-likeness (QED) is 0.803. The Morgan fingerprint density at radius 2 is 1.97 bits per heavy atom. The maximum Gasteiger partial charge on any atom is 0.255 e. The van der Waals surface area contributed by atoms with Crippen LogP contribution in [0.25, 0.3) is 0 Å². The molecule has 2 aliphatic heterocycles. The number of anilines is 1. The first kappa shape index (κ1) is 19.6. The van der Waals surface area contributed by atoms with Crippen molar-refractivity contribution in [2.45, 2.75) is 37.9 Å². The third-order valence-electron chi connectivity index (χ3n) is 5.96. The van der Waals surface area contributed by atoms with Crippen molar-refractivity contribution in [3.63, 3.8) is 0 Å². The zero-order valence-corrected chi connectivity index (χ0v) is 16.8. The molecule has 0 radical (unpaired) electrons. The average Bonchev–Trinajstić information content (AvgIpc) is 2.77. The Kier molecular flexibility index (Phi) is 5.61. The summed E-state index contributed by atoms with van der Waals surface area (Å²) >= 11 is 0. The number of morpholine rings is 1. The van der Waals surface area contributed by atoms with E-state index in [1.165, 1.54) is 0 Å². The van der Waals surface area contributed by atoms with Gasteiger partial charge in [-0.3, -0.25) is 9.78 Å². The zero-order valence-electron chi connectivity index (χ0n) is 16.8. The van der Waals surface area contributed by atoms with E-state index in [1.54, 1.807) is 6.20 Å². The van der Waals surface area contributed by atoms with E-state index < -0.39 is 6.10 Å². The van der Waals surface area contributed by atoms with Gasteiger partial charge in [0, 0.05) is 43.6 Å². The molecule has 2 aliphatic rings. The van der Waals surface area contributed by atoms with E-state index in [0.717, 1.165) is 50.3 Å². The highest BCUT2D eigenvalue weighted by Gasteiger charge is 2.45. The number of rotatable bonds is 4. The largest absolute Gasteiger partial charge is 0.360 e. The standard InChI is InChI=1S/C23H26N4O2/c1-18-22(28)27(21-5-3-2-4-6-21)17-23(29-18)10-13-26(14-11-23)12-9-20-8-7-19(15-24)16-25-20/h2-8,16,18H,9-14,17H2,1H3. The Labute approximate surface area is 171 Å². The predicted molar refractivity (Wildman–Crippen MR) is 110 cm³/mol. The first-order chi connectivity index (χ1) is 14.1. The molecule has 6 nitrogen and oxygen atoms in total. The van der Waals surface area contributed by atoms with Crippen LogP contribution in [0.4, 0.5) is 5.69 Å². The topological polar surface area (TPSA) is 69.5 Å². The molecule has 0 saturated carbocycles. The average molecular weight is 390 g/mol. The normalized spacial score (nSPS) is 21.9. The number of likely N-dealkylation sites (tertiary alicyclic amines) is 1. The lowest BCUT2D eigenvalue weighted by atomic mass is 9.88. The van der Waals surface area contributed by atoms with Crippen molar-refractivity contribution in [2.24, 2.45) is 0 Å². The SMILES string of the molecule is CC1OC2(CCN(CCc3ccc(C#N)cn3)CC2)CN(c2ccccc2)C1=O. The van der Waals surface area contributed by atoms with Crippen molar-refractivity contribution in [3.8, 4) is 6.07 Å². The molecule has 1 amide bonds. The van der Waals surface area contributed by atoms with E-state index in [9.17, 15) is 4.79 Å². The van der Waals surface area contributed by atoms with Crippen LogP contribution in [0.15, 0.2) is 48.7 Å². The van der Waals surface area contributed by atoms with Crippen LogP contribution in [0.2, 0.25) is 0 Å². The number of hydrogen-bond acceptors (Lipinski definition) is 5. The van der Waals surface area contributed by atoms with Gasteiger partial charge in [-0.15, -0.1) is 0 Å². The fourth-order valence-corrected chi connectivity index (χ4v) is 4.25. The number of nitriles is 1. The Hall–Kier alpha value is -2.75. The van der Waals surface area contributed by atoms with Gasteiger partial charge in [-0.25, -0.2) is 0 Å². The van der Waals surface area contributed by atoms with Crippen LogP contribution in [0.3, 0.4) is 0 Å². The summed E-state index contributed by atoms with van der Waals surface area (Å²) in [6.07, 6.45) is 3.90. The van der Waals surface area contributed by atoms with Crippen LogP contribution in [-0.4, -0.2) is 53.7 Å². The lowest BCUT2D eigenvalue weighted by Gasteiger charge is -2.49. The van der Waals surface area contributed by atoms with Crippen molar-refractivity contribution < 1.29 is 9.53 Å². The van der Waals surface area contributed by atoms with Gasteiger partial charge in [0.2, 0.25) is 0 Å². The number of nitrogens with zero attached hydrogens (tertiary/aromatic N) is 4. The third kappa shape index (κ3) is 4.31. The molecular formula is C23H26N4O2. The molecule has 150 valence electrons. The van der Waals surface area contributed by atoms with Crippen molar-refractivity contribution in [1.29, 1.82) is 5.26 Å². The first-order valence-electron chi connectivity index (χ1n) is 10.2. The van der Waals surface area contributed by atoms with Crippen LogP contribution in [0.1, 0.15) is 31.0 Å². The summed E-state index contributed by atoms with van der Waals surface area (Å²) in [5, 5.41) is 8.88. The van der Waals surface area contributed by atoms with Crippen molar-refractivity contribution in [3.05, 3.63) is 59.9 Å². The summed E-state index contributed by atoms with van der Waals surface area (Å²) in [6.45, 7) is 5.30. The lowest BCUT2D eigenvalue weighted by Crippen LogP contribution is -2.61. The number of carbonyl (C=O) groups is 1. The summed E-state index contributed by atoms with van der Waals surface area (Å²) in [4.78, 5) is 21.4. The molecule has 2 aromatic rings. The van der Waals surface area contributed by atoms with E-state index in [-0.39, 0.29) is 11.5 Å². The van der Waals surface area contributed by atoms with Gasteiger partial charge < -0.3 is 14.5 Å². The van der Waals surface area contributed by atoms with E-state index in [0.29, 0.717) is 12.1 Å². The smallest absolute Gasteiger partial charge is 0.255 e. The fraction of sp³-hybridized carbons (Fsp3) is 0.435. The minimum atomic E-state index is -0.418. The molecule has 0 N–H and O–H groups in total. The number of para-hydroxylation sites is 1. The first-order valence-corrected chi connectivity index (χ1v) is 10.2. The van der Waals surface area contributed by atoms with Crippen LogP contribution in [-0.2, 0) is 16.0 Å². The fourth-order valence-electron chi connectivity index (χ4n) is 4.25. The number of benzene rings is 1. The highest BCUT2D eigenvalue weighted by Crippen LogP contribution is 2.34. The summed E-state index contributed by atoms with van der Waals surface area (Å²) in [5.41, 5.74) is 2.27. The summed E-state index contributed by atoms with van der Waals surface area (Å²) in [6, 6.07) is 15.7. The van der Waals surface area contributed by atoms with Crippen LogP contribution in [0, 0.1) is 11.3 Å². The highest BCUT2D eigenvalue weighted by atomic mass is 16.5. The summed E-state index contributed by atoms with van der Waals surface area (Å²) in [5.74, 6) is 0.0381. The molecule has 3 heterocycles. The Morgan fingerprint density at radius 3 is 2.62 bits per heavy atom. The Balaban J connectivity index is 1.36. The van der Waals surface area contributed by atoms with Gasteiger partial charge in [0.25, 0.3) is 5.91 Å². The number of carbonyl (C=O) groups excluding carboxylic acids is 1. The minimum absolute atomic E-state index is 0.0381. The molecule has 2 saturated heterocycles. The monoisotopic (exact) mass is 390 g/mol. The van der Waals surface area contributed by atoms with Gasteiger partial charge in [0.1, 0.15) is 12.2 Å². The second kappa shape index (κ2) is 8.32. The van der Waals surface area contributed by atoms with Gasteiger partial charge in [0.15, 0.2) is 0 Å². The molecule has 29 heavy (non-hydrogen) atoms. The lowest BCUT2D eigenvalue weighted by molar-refractivity contribution is -0.161. The van der Waals surface area contributed by atoms with Gasteiger partial charge in [0.05, 0.1) is 17.7 Å². The molecule has 1 aromatic heterocycles. The van der Waals surface area contributed by atoms with E-state index in [4.69, 9.17) is 10.00 Å². The second-order valence-corrected chi connectivity index (χ2v) is 7.94. The van der Waals surface area contributed by atoms with Gasteiger partial charge in [-0.2, -0.15) is 5.26 Å². The molecule has 0 bridgehead atoms. The summed E-state index contributed by atoms with van der Waals surface area (Å²) < 4.78 is 6.25. The molecule has 4 rings (SSSR count). The Morgan fingerprint density at radius 1 is 1.21 bits per heavy atom. The molecule has 1 aromatic carbocycles. The Bertz CT molecular complexity index is 883. The van der Waals surface area contributed by atoms with Gasteiger partial charge in [-0.05, 0) is 44.0 Å². The van der Waals surface area contributed by atoms with E-state index >= 15 is 0 Å². The van der Waals surface area contributed by atoms with E-state index in [2.05, 4.69) is 16.0 Å². The van der Waals surface area contributed by atoms with Gasteiger partial charge in [-0.1, -0.05) is 18.2 Å². The predicted octanol–water partition coefficient (Wildman–Crippen LogP) is 2.78. The van der Waals surface area contributed by atoms with Crippen molar-refractivity contribution in [2.75, 3.05) is 31.1 Å². The maximum absolute atomic E-state index is 12.7. The van der Waals surface area contributed by atoms with Crippen molar-refractivity contribution in [1.82, 2.24) is 9.88 Å². The molecular weight excluding hydrogens is 364 g/mol.